The van der Waals surface area contributed by atoms with E-state index in [2.05, 4.69) is 29.0 Å². The summed E-state index contributed by atoms with van der Waals surface area (Å²) in [6, 6.07) is 13.1. The first kappa shape index (κ1) is 19.7. The molecule has 1 aromatic heterocycles. The maximum absolute atomic E-state index is 12.8. The van der Waals surface area contributed by atoms with Crippen LogP contribution in [0.2, 0.25) is 10.0 Å². The number of fused-ring (bicyclic) bond motifs is 1. The van der Waals surface area contributed by atoms with Crippen molar-refractivity contribution in [2.45, 2.75) is 13.8 Å². The van der Waals surface area contributed by atoms with Gasteiger partial charge in [-0.25, -0.2) is 0 Å². The highest BCUT2D eigenvalue weighted by atomic mass is 35.5. The minimum Gasteiger partial charge on any atom is -0.350 e. The maximum atomic E-state index is 12.8. The van der Waals surface area contributed by atoms with Gasteiger partial charge in [0.2, 0.25) is 0 Å². The van der Waals surface area contributed by atoms with Crippen LogP contribution in [-0.2, 0) is 0 Å². The van der Waals surface area contributed by atoms with Gasteiger partial charge in [-0.1, -0.05) is 55.2 Å². The lowest BCUT2D eigenvalue weighted by molar-refractivity contribution is 0.0946. The van der Waals surface area contributed by atoms with E-state index in [9.17, 15) is 4.79 Å². The van der Waals surface area contributed by atoms with Crippen molar-refractivity contribution < 1.29 is 4.79 Å². The minimum atomic E-state index is -0.116. The molecule has 2 N–H and O–H groups in total. The number of H-pyrrole nitrogens is 1. The molecule has 0 saturated carbocycles. The van der Waals surface area contributed by atoms with Gasteiger partial charge in [-0.3, -0.25) is 4.79 Å². The molecule has 0 unspecified atom stereocenters. The van der Waals surface area contributed by atoms with Crippen molar-refractivity contribution >= 4 is 39.9 Å². The van der Waals surface area contributed by atoms with Crippen LogP contribution in [0, 0.1) is 0 Å². The molecule has 1 heterocycles. The third-order valence-corrected chi connectivity index (χ3v) is 5.23. The van der Waals surface area contributed by atoms with Gasteiger partial charge in [0.15, 0.2) is 0 Å². The molecule has 2 aromatic carbocycles. The highest BCUT2D eigenvalue weighted by molar-refractivity contribution is 6.32. The lowest BCUT2D eigenvalue weighted by atomic mass is 10.1. The molecule has 1 amide bonds. The first-order chi connectivity index (χ1) is 13.0. The molecule has 0 spiro atoms. The zero-order valence-electron chi connectivity index (χ0n) is 15.5. The van der Waals surface area contributed by atoms with Gasteiger partial charge in [0.05, 0.1) is 5.69 Å². The van der Waals surface area contributed by atoms with Gasteiger partial charge in [-0.05, 0) is 42.9 Å². The molecule has 0 radical (unpaired) electrons. The standard InChI is InChI=1S/C21H23Cl2N3O/c1-3-26(4-2)12-11-24-21(27)20-17-10-9-16(23)13-18(17)19(25-20)14-5-7-15(22)8-6-14/h5-10,13,25H,3-4,11-12H2,1-2H3,(H,24,27). The number of aromatic amines is 1. The Morgan fingerprint density at radius 1 is 1.00 bits per heavy atom. The highest BCUT2D eigenvalue weighted by Gasteiger charge is 2.17. The molecule has 3 rings (SSSR count). The van der Waals surface area contributed by atoms with E-state index in [1.807, 2.05) is 36.4 Å². The van der Waals surface area contributed by atoms with Crippen molar-refractivity contribution in [3.05, 3.63) is 58.2 Å². The van der Waals surface area contributed by atoms with Gasteiger partial charge >= 0.3 is 0 Å². The van der Waals surface area contributed by atoms with Crippen molar-refractivity contribution in [2.75, 3.05) is 26.2 Å². The largest absolute Gasteiger partial charge is 0.350 e. The van der Waals surface area contributed by atoms with Crippen LogP contribution in [0.3, 0.4) is 0 Å². The van der Waals surface area contributed by atoms with Crippen LogP contribution in [0.4, 0.5) is 0 Å². The molecule has 0 saturated heterocycles. The second-order valence-corrected chi connectivity index (χ2v) is 7.23. The Morgan fingerprint density at radius 3 is 2.33 bits per heavy atom. The lowest BCUT2D eigenvalue weighted by Gasteiger charge is -2.17. The summed E-state index contributed by atoms with van der Waals surface area (Å²) < 4.78 is 0. The third kappa shape index (κ3) is 4.46. The Bertz CT molecular complexity index is 930. The van der Waals surface area contributed by atoms with Crippen molar-refractivity contribution in [1.29, 1.82) is 0 Å². The number of carbonyl (C=O) groups excluding carboxylic acids is 1. The number of halogens is 2. The molecule has 27 heavy (non-hydrogen) atoms. The number of nitrogens with zero attached hydrogens (tertiary/aromatic N) is 1. The fourth-order valence-electron chi connectivity index (χ4n) is 3.18. The molecule has 4 nitrogen and oxygen atoms in total. The van der Waals surface area contributed by atoms with Gasteiger partial charge in [0.1, 0.15) is 5.69 Å². The first-order valence-corrected chi connectivity index (χ1v) is 9.86. The second kappa shape index (κ2) is 8.79. The van der Waals surface area contributed by atoms with Crippen LogP contribution in [0.1, 0.15) is 24.3 Å². The predicted molar refractivity (Wildman–Crippen MR) is 114 cm³/mol. The summed E-state index contributed by atoms with van der Waals surface area (Å²) in [5.41, 5.74) is 2.36. The molecular formula is C21H23Cl2N3O. The molecule has 0 bridgehead atoms. The molecule has 0 aliphatic rings. The Labute approximate surface area is 169 Å². The molecule has 142 valence electrons. The molecular weight excluding hydrogens is 381 g/mol. The quantitative estimate of drug-likeness (QED) is 0.568. The van der Waals surface area contributed by atoms with E-state index in [-0.39, 0.29) is 5.91 Å². The van der Waals surface area contributed by atoms with Crippen molar-refractivity contribution in [2.24, 2.45) is 0 Å². The van der Waals surface area contributed by atoms with Crippen LogP contribution in [0.15, 0.2) is 42.5 Å². The van der Waals surface area contributed by atoms with Gasteiger partial charge in [0, 0.05) is 33.9 Å². The van der Waals surface area contributed by atoms with E-state index < -0.39 is 0 Å². The fraction of sp³-hybridized carbons (Fsp3) is 0.286. The van der Waals surface area contributed by atoms with Crippen LogP contribution in [0.5, 0.6) is 0 Å². The fourth-order valence-corrected chi connectivity index (χ4v) is 3.48. The SMILES string of the molecule is CCN(CC)CCNC(=O)c1[nH]c(-c2ccc(Cl)cc2)c2cc(Cl)ccc12. The van der Waals surface area contributed by atoms with Crippen LogP contribution < -0.4 is 5.32 Å². The number of hydrogen-bond donors (Lipinski definition) is 2. The van der Waals surface area contributed by atoms with Crippen molar-refractivity contribution in [3.63, 3.8) is 0 Å². The molecule has 6 heteroatoms. The smallest absolute Gasteiger partial charge is 0.268 e. The van der Waals surface area contributed by atoms with E-state index in [0.717, 1.165) is 41.7 Å². The Kier molecular flexibility index (Phi) is 6.42. The van der Waals surface area contributed by atoms with Crippen molar-refractivity contribution in [1.82, 2.24) is 15.2 Å². The summed E-state index contributed by atoms with van der Waals surface area (Å²) >= 11 is 12.2. The van der Waals surface area contributed by atoms with E-state index in [0.29, 0.717) is 22.3 Å². The number of likely N-dealkylation sites (N-methyl/N-ethyl adjacent to an activating group) is 1. The monoisotopic (exact) mass is 403 g/mol. The zero-order chi connectivity index (χ0) is 19.4. The average Bonchev–Trinajstić information content (AvgIpc) is 3.04. The van der Waals surface area contributed by atoms with Crippen LogP contribution in [-0.4, -0.2) is 42.0 Å². The van der Waals surface area contributed by atoms with Crippen LogP contribution >= 0.6 is 23.2 Å². The highest BCUT2D eigenvalue weighted by Crippen LogP contribution is 2.33. The summed E-state index contributed by atoms with van der Waals surface area (Å²) in [5.74, 6) is -0.116. The molecule has 0 aliphatic carbocycles. The van der Waals surface area contributed by atoms with Crippen LogP contribution in [0.25, 0.3) is 22.0 Å². The summed E-state index contributed by atoms with van der Waals surface area (Å²) in [7, 11) is 0. The molecule has 3 aromatic rings. The van der Waals surface area contributed by atoms with Crippen molar-refractivity contribution in [3.8, 4) is 11.3 Å². The number of benzene rings is 2. The van der Waals surface area contributed by atoms with E-state index in [4.69, 9.17) is 23.2 Å². The van der Waals surface area contributed by atoms with Gasteiger partial charge in [-0.15, -0.1) is 0 Å². The molecule has 0 fully saturated rings. The topological polar surface area (TPSA) is 48.1 Å². The van der Waals surface area contributed by atoms with Gasteiger partial charge < -0.3 is 15.2 Å². The normalized spacial score (nSPS) is 11.3. The predicted octanol–water partition coefficient (Wildman–Crippen LogP) is 5.21. The molecule has 0 aliphatic heterocycles. The van der Waals surface area contributed by atoms with E-state index in [1.165, 1.54) is 0 Å². The third-order valence-electron chi connectivity index (χ3n) is 4.74. The first-order valence-electron chi connectivity index (χ1n) is 9.11. The Morgan fingerprint density at radius 2 is 1.67 bits per heavy atom. The summed E-state index contributed by atoms with van der Waals surface area (Å²) in [5, 5.41) is 6.08. The number of carbonyl (C=O) groups is 1. The summed E-state index contributed by atoms with van der Waals surface area (Å²) in [4.78, 5) is 18.3. The van der Waals surface area contributed by atoms with Gasteiger partial charge in [0.25, 0.3) is 5.91 Å². The Hall–Kier alpha value is -2.01. The zero-order valence-corrected chi connectivity index (χ0v) is 17.0. The summed E-state index contributed by atoms with van der Waals surface area (Å²) in [6.45, 7) is 7.60. The number of rotatable bonds is 7. The summed E-state index contributed by atoms with van der Waals surface area (Å²) in [6.07, 6.45) is 0. The molecule has 0 atom stereocenters. The lowest BCUT2D eigenvalue weighted by Crippen LogP contribution is -2.35. The average molecular weight is 404 g/mol. The number of nitrogens with one attached hydrogen (secondary N) is 2. The number of aromatic nitrogens is 1. The van der Waals surface area contributed by atoms with E-state index in [1.54, 1.807) is 6.07 Å². The Balaban J connectivity index is 1.91. The maximum Gasteiger partial charge on any atom is 0.268 e. The minimum absolute atomic E-state index is 0.116. The second-order valence-electron chi connectivity index (χ2n) is 6.35. The van der Waals surface area contributed by atoms with E-state index >= 15 is 0 Å². The van der Waals surface area contributed by atoms with Gasteiger partial charge in [-0.2, -0.15) is 0 Å². The number of amides is 1. The number of hydrogen-bond acceptors (Lipinski definition) is 2.